The van der Waals surface area contributed by atoms with Crippen molar-refractivity contribution in [3.8, 4) is 0 Å². The maximum Gasteiger partial charge on any atom is 0.221 e. The Kier molecular flexibility index (Phi) is 9.85. The van der Waals surface area contributed by atoms with Gasteiger partial charge in [-0.05, 0) is 37.1 Å². The van der Waals surface area contributed by atoms with Gasteiger partial charge in [-0.25, -0.2) is 4.99 Å². The molecule has 2 rings (SSSR count). The average Bonchev–Trinajstić information content (AvgIpc) is 2.60. The first-order valence-electron chi connectivity index (χ1n) is 8.89. The summed E-state index contributed by atoms with van der Waals surface area (Å²) in [6.45, 7) is 7.81. The first-order chi connectivity index (χ1) is 12.5. The molecular formula is C21H29IN4O. The van der Waals surface area contributed by atoms with E-state index in [0.29, 0.717) is 6.54 Å². The normalized spacial score (nSPS) is 10.7. The number of halogens is 1. The van der Waals surface area contributed by atoms with E-state index in [2.05, 4.69) is 53.6 Å². The van der Waals surface area contributed by atoms with Crippen molar-refractivity contribution in [1.29, 1.82) is 0 Å². The van der Waals surface area contributed by atoms with Crippen LogP contribution in [-0.4, -0.2) is 30.4 Å². The average molecular weight is 480 g/mol. The third-order valence-electron chi connectivity index (χ3n) is 3.90. The summed E-state index contributed by atoms with van der Waals surface area (Å²) in [6, 6.07) is 16.3. The molecule has 5 nitrogen and oxygen atoms in total. The fourth-order valence-electron chi connectivity index (χ4n) is 2.63. The molecule has 0 saturated carbocycles. The highest BCUT2D eigenvalue weighted by Crippen LogP contribution is 2.12. The zero-order valence-corrected chi connectivity index (χ0v) is 18.8. The molecule has 0 bridgehead atoms. The SMILES string of the molecule is CCNC(=NCc1cccc(NC(C)=O)c1)N(C)Cc1ccc(C)cc1.I. The van der Waals surface area contributed by atoms with Crippen LogP contribution in [0.4, 0.5) is 5.69 Å². The highest BCUT2D eigenvalue weighted by Gasteiger charge is 2.07. The highest BCUT2D eigenvalue weighted by atomic mass is 127. The van der Waals surface area contributed by atoms with Gasteiger partial charge in [0.15, 0.2) is 5.96 Å². The molecule has 0 unspecified atom stereocenters. The molecule has 0 aliphatic heterocycles. The summed E-state index contributed by atoms with van der Waals surface area (Å²) in [7, 11) is 2.04. The van der Waals surface area contributed by atoms with Crippen molar-refractivity contribution >= 4 is 41.5 Å². The molecule has 0 saturated heterocycles. The molecule has 2 N–H and O–H groups in total. The molecule has 0 radical (unpaired) electrons. The van der Waals surface area contributed by atoms with Gasteiger partial charge in [0, 0.05) is 32.7 Å². The summed E-state index contributed by atoms with van der Waals surface area (Å²) < 4.78 is 0. The summed E-state index contributed by atoms with van der Waals surface area (Å²) in [5, 5.41) is 6.14. The summed E-state index contributed by atoms with van der Waals surface area (Å²) in [4.78, 5) is 18.1. The number of anilines is 1. The second kappa shape index (κ2) is 11.6. The van der Waals surface area contributed by atoms with E-state index in [0.717, 1.165) is 30.3 Å². The standard InChI is InChI=1S/C21H28N4O.HI/c1-5-22-21(25(4)15-18-11-9-16(2)10-12-18)23-14-19-7-6-8-20(13-19)24-17(3)26;/h6-13H,5,14-15H2,1-4H3,(H,22,23)(H,24,26);1H. The molecule has 0 aliphatic carbocycles. The maximum absolute atomic E-state index is 11.2. The van der Waals surface area contributed by atoms with Crippen molar-refractivity contribution in [2.24, 2.45) is 4.99 Å². The van der Waals surface area contributed by atoms with Crippen LogP contribution in [0.2, 0.25) is 0 Å². The Morgan fingerprint density at radius 3 is 2.44 bits per heavy atom. The van der Waals surface area contributed by atoms with E-state index in [4.69, 9.17) is 4.99 Å². The van der Waals surface area contributed by atoms with Crippen LogP contribution < -0.4 is 10.6 Å². The van der Waals surface area contributed by atoms with Gasteiger partial charge in [-0.3, -0.25) is 4.79 Å². The number of guanidine groups is 1. The van der Waals surface area contributed by atoms with Crippen molar-refractivity contribution in [1.82, 2.24) is 10.2 Å². The van der Waals surface area contributed by atoms with E-state index in [1.54, 1.807) is 0 Å². The van der Waals surface area contributed by atoms with Gasteiger partial charge in [0.25, 0.3) is 0 Å². The molecule has 27 heavy (non-hydrogen) atoms. The lowest BCUT2D eigenvalue weighted by atomic mass is 10.1. The Bertz CT molecular complexity index is 759. The van der Waals surface area contributed by atoms with Gasteiger partial charge in [-0.2, -0.15) is 0 Å². The van der Waals surface area contributed by atoms with Gasteiger partial charge < -0.3 is 15.5 Å². The van der Waals surface area contributed by atoms with Crippen LogP contribution in [0, 0.1) is 6.92 Å². The second-order valence-corrected chi connectivity index (χ2v) is 6.39. The van der Waals surface area contributed by atoms with Gasteiger partial charge >= 0.3 is 0 Å². The van der Waals surface area contributed by atoms with Crippen LogP contribution in [0.1, 0.15) is 30.5 Å². The number of rotatable bonds is 6. The van der Waals surface area contributed by atoms with Crippen molar-refractivity contribution in [2.45, 2.75) is 33.9 Å². The minimum atomic E-state index is -0.0724. The minimum Gasteiger partial charge on any atom is -0.357 e. The number of aliphatic imine (C=N–C) groups is 1. The van der Waals surface area contributed by atoms with Crippen LogP contribution in [0.5, 0.6) is 0 Å². The quantitative estimate of drug-likeness (QED) is 0.371. The van der Waals surface area contributed by atoms with Crippen LogP contribution in [0.3, 0.4) is 0 Å². The molecule has 0 spiro atoms. The molecule has 6 heteroatoms. The zero-order chi connectivity index (χ0) is 18.9. The molecule has 0 heterocycles. The number of benzene rings is 2. The van der Waals surface area contributed by atoms with Crippen LogP contribution in [0.25, 0.3) is 0 Å². The Morgan fingerprint density at radius 1 is 1.11 bits per heavy atom. The Labute approximate surface area is 179 Å². The largest absolute Gasteiger partial charge is 0.357 e. The van der Waals surface area contributed by atoms with Crippen molar-refractivity contribution < 1.29 is 4.79 Å². The zero-order valence-electron chi connectivity index (χ0n) is 16.5. The van der Waals surface area contributed by atoms with Crippen molar-refractivity contribution in [3.63, 3.8) is 0 Å². The third kappa shape index (κ3) is 7.99. The van der Waals surface area contributed by atoms with E-state index in [-0.39, 0.29) is 29.9 Å². The lowest BCUT2D eigenvalue weighted by Crippen LogP contribution is -2.38. The second-order valence-electron chi connectivity index (χ2n) is 6.39. The molecule has 1 amide bonds. The van der Waals surface area contributed by atoms with Crippen LogP contribution >= 0.6 is 24.0 Å². The number of hydrogen-bond acceptors (Lipinski definition) is 2. The summed E-state index contributed by atoms with van der Waals surface area (Å²) in [6.07, 6.45) is 0. The molecule has 0 aliphatic rings. The van der Waals surface area contributed by atoms with Gasteiger partial charge in [0.05, 0.1) is 6.54 Å². The van der Waals surface area contributed by atoms with Gasteiger partial charge in [0.1, 0.15) is 0 Å². The monoisotopic (exact) mass is 480 g/mol. The molecule has 0 atom stereocenters. The fraction of sp³-hybridized carbons (Fsp3) is 0.333. The number of aryl methyl sites for hydroxylation is 1. The number of nitrogens with one attached hydrogen (secondary N) is 2. The van der Waals surface area contributed by atoms with E-state index in [1.807, 2.05) is 31.3 Å². The van der Waals surface area contributed by atoms with E-state index in [1.165, 1.54) is 18.1 Å². The Morgan fingerprint density at radius 2 is 1.81 bits per heavy atom. The number of carbonyl (C=O) groups is 1. The summed E-state index contributed by atoms with van der Waals surface area (Å²) in [5.74, 6) is 0.787. The van der Waals surface area contributed by atoms with E-state index >= 15 is 0 Å². The number of hydrogen-bond donors (Lipinski definition) is 2. The molecular weight excluding hydrogens is 451 g/mol. The van der Waals surface area contributed by atoms with Crippen LogP contribution in [0.15, 0.2) is 53.5 Å². The number of nitrogens with zero attached hydrogens (tertiary/aromatic N) is 2. The Balaban J connectivity index is 0.00000364. The molecule has 2 aromatic rings. The predicted octanol–water partition coefficient (Wildman–Crippen LogP) is 4.17. The minimum absolute atomic E-state index is 0. The maximum atomic E-state index is 11.2. The van der Waals surface area contributed by atoms with E-state index < -0.39 is 0 Å². The molecule has 146 valence electrons. The summed E-state index contributed by atoms with van der Waals surface area (Å²) in [5.41, 5.74) is 4.35. The van der Waals surface area contributed by atoms with Crippen molar-refractivity contribution in [3.05, 3.63) is 65.2 Å². The number of carbonyl (C=O) groups excluding carboxylic acids is 1. The topological polar surface area (TPSA) is 56.7 Å². The first kappa shape index (κ1) is 23.0. The smallest absolute Gasteiger partial charge is 0.221 e. The lowest BCUT2D eigenvalue weighted by Gasteiger charge is -2.22. The summed E-state index contributed by atoms with van der Waals surface area (Å²) >= 11 is 0. The number of amides is 1. The van der Waals surface area contributed by atoms with Gasteiger partial charge in [0.2, 0.25) is 5.91 Å². The molecule has 0 aromatic heterocycles. The molecule has 0 fully saturated rings. The third-order valence-corrected chi connectivity index (χ3v) is 3.90. The highest BCUT2D eigenvalue weighted by molar-refractivity contribution is 14.0. The molecule has 2 aromatic carbocycles. The van der Waals surface area contributed by atoms with Gasteiger partial charge in [-0.1, -0.05) is 42.0 Å². The first-order valence-corrected chi connectivity index (χ1v) is 8.89. The lowest BCUT2D eigenvalue weighted by molar-refractivity contribution is -0.114. The van der Waals surface area contributed by atoms with Crippen molar-refractivity contribution in [2.75, 3.05) is 18.9 Å². The predicted molar refractivity (Wildman–Crippen MR) is 124 cm³/mol. The fourth-order valence-corrected chi connectivity index (χ4v) is 2.63. The Hall–Kier alpha value is -2.09. The van der Waals surface area contributed by atoms with E-state index in [9.17, 15) is 4.79 Å². The van der Waals surface area contributed by atoms with Gasteiger partial charge in [-0.15, -0.1) is 24.0 Å². The van der Waals surface area contributed by atoms with Crippen LogP contribution in [-0.2, 0) is 17.9 Å².